The molecule has 1 unspecified atom stereocenters. The lowest BCUT2D eigenvalue weighted by Crippen LogP contribution is -1.99. The molecule has 0 amide bonds. The van der Waals surface area contributed by atoms with Gasteiger partial charge in [-0.3, -0.25) is 4.40 Å². The fourth-order valence-corrected chi connectivity index (χ4v) is 2.91. The zero-order chi connectivity index (χ0) is 12.7. The number of aliphatic hydroxyl groups is 1. The van der Waals surface area contributed by atoms with Gasteiger partial charge in [-0.1, -0.05) is 11.3 Å². The lowest BCUT2D eigenvalue weighted by Gasteiger charge is -2.02. The second-order valence-electron chi connectivity index (χ2n) is 3.84. The van der Waals surface area contributed by atoms with Gasteiger partial charge in [-0.25, -0.2) is 4.98 Å². The Bertz CT molecular complexity index is 704. The van der Waals surface area contributed by atoms with E-state index in [2.05, 4.69) is 4.98 Å². The number of rotatable bonds is 3. The minimum atomic E-state index is -0.981. The van der Waals surface area contributed by atoms with E-state index in [0.29, 0.717) is 5.69 Å². The number of thiazole rings is 1. The molecular formula is C12H12N2O3S. The Hall–Kier alpha value is -1.63. The highest BCUT2D eigenvalue weighted by Crippen LogP contribution is 2.30. The lowest BCUT2D eigenvalue weighted by atomic mass is 10.3. The molecule has 0 spiro atoms. The Balaban J connectivity index is 2.19. The molecule has 6 heteroatoms. The van der Waals surface area contributed by atoms with Gasteiger partial charge in [0, 0.05) is 13.3 Å². The third-order valence-electron chi connectivity index (χ3n) is 2.80. The number of imidazole rings is 1. The predicted molar refractivity (Wildman–Crippen MR) is 69.1 cm³/mol. The van der Waals surface area contributed by atoms with Gasteiger partial charge >= 0.3 is 0 Å². The molecule has 3 rings (SSSR count). The molecule has 0 aliphatic carbocycles. The van der Waals surface area contributed by atoms with Gasteiger partial charge in [-0.15, -0.1) is 0 Å². The third kappa shape index (κ3) is 1.66. The normalized spacial score (nSPS) is 13.3. The molecule has 2 aromatic heterocycles. The number of aromatic nitrogens is 2. The Morgan fingerprint density at radius 3 is 2.94 bits per heavy atom. The summed E-state index contributed by atoms with van der Waals surface area (Å²) in [5.41, 5.74) is 1.55. The zero-order valence-electron chi connectivity index (χ0n) is 9.95. The fraction of sp³-hybridized carbons (Fsp3) is 0.250. The first-order valence-corrected chi connectivity index (χ1v) is 6.21. The van der Waals surface area contributed by atoms with Crippen LogP contribution in [0, 0.1) is 0 Å². The molecule has 0 saturated heterocycles. The second kappa shape index (κ2) is 4.24. The van der Waals surface area contributed by atoms with E-state index < -0.39 is 6.29 Å². The smallest absolute Gasteiger partial charge is 0.199 e. The first-order chi connectivity index (χ1) is 8.72. The van der Waals surface area contributed by atoms with Crippen LogP contribution in [0.2, 0.25) is 0 Å². The molecule has 18 heavy (non-hydrogen) atoms. The molecule has 0 aliphatic heterocycles. The molecular weight excluding hydrogens is 252 g/mol. The Morgan fingerprint density at radius 1 is 1.39 bits per heavy atom. The SMILES string of the molecule is COc1ccc2c(c1)sc1nc(C(O)OC)cn12. The predicted octanol–water partition coefficient (Wildman–Crippen LogP) is 2.19. The van der Waals surface area contributed by atoms with Crippen molar-refractivity contribution >= 4 is 26.5 Å². The minimum absolute atomic E-state index is 0.515. The summed E-state index contributed by atoms with van der Waals surface area (Å²) in [6.07, 6.45) is 0.805. The highest BCUT2D eigenvalue weighted by molar-refractivity contribution is 7.23. The van der Waals surface area contributed by atoms with E-state index >= 15 is 0 Å². The maximum Gasteiger partial charge on any atom is 0.199 e. The van der Waals surface area contributed by atoms with Crippen LogP contribution in [0.5, 0.6) is 5.75 Å². The van der Waals surface area contributed by atoms with Crippen molar-refractivity contribution in [2.24, 2.45) is 0 Å². The van der Waals surface area contributed by atoms with Crippen LogP contribution in [-0.4, -0.2) is 28.7 Å². The van der Waals surface area contributed by atoms with Crippen molar-refractivity contribution in [1.82, 2.24) is 9.38 Å². The van der Waals surface area contributed by atoms with Crippen molar-refractivity contribution in [2.45, 2.75) is 6.29 Å². The number of nitrogens with zero attached hydrogens (tertiary/aromatic N) is 2. The van der Waals surface area contributed by atoms with Crippen LogP contribution in [0.15, 0.2) is 24.4 Å². The van der Waals surface area contributed by atoms with Crippen molar-refractivity contribution < 1.29 is 14.6 Å². The Morgan fingerprint density at radius 2 is 2.22 bits per heavy atom. The molecule has 0 fully saturated rings. The second-order valence-corrected chi connectivity index (χ2v) is 4.85. The highest BCUT2D eigenvalue weighted by atomic mass is 32.1. The summed E-state index contributed by atoms with van der Waals surface area (Å²) in [6, 6.07) is 5.85. The number of fused-ring (bicyclic) bond motifs is 3. The maximum atomic E-state index is 9.59. The van der Waals surface area contributed by atoms with Gasteiger partial charge in [0.1, 0.15) is 11.4 Å². The molecule has 5 nitrogen and oxygen atoms in total. The van der Waals surface area contributed by atoms with Gasteiger partial charge in [0.25, 0.3) is 0 Å². The average Bonchev–Trinajstić information content (AvgIpc) is 2.94. The summed E-state index contributed by atoms with van der Waals surface area (Å²) in [6.45, 7) is 0. The van der Waals surface area contributed by atoms with E-state index in [0.717, 1.165) is 20.9 Å². The van der Waals surface area contributed by atoms with E-state index in [1.165, 1.54) is 7.11 Å². The van der Waals surface area contributed by atoms with Gasteiger partial charge in [0.05, 0.1) is 17.3 Å². The van der Waals surface area contributed by atoms with E-state index in [1.54, 1.807) is 24.6 Å². The van der Waals surface area contributed by atoms with Crippen LogP contribution >= 0.6 is 11.3 Å². The van der Waals surface area contributed by atoms with Crippen LogP contribution in [0.4, 0.5) is 0 Å². The standard InChI is InChI=1S/C12H12N2O3S/c1-16-7-3-4-9-10(5-7)18-12-13-8(6-14(9)12)11(15)17-2/h3-6,11,15H,1-2H3. The maximum absolute atomic E-state index is 9.59. The third-order valence-corrected chi connectivity index (χ3v) is 3.81. The van der Waals surface area contributed by atoms with Gasteiger partial charge in [-0.05, 0) is 18.2 Å². The van der Waals surface area contributed by atoms with Crippen LogP contribution in [0.25, 0.3) is 15.2 Å². The molecule has 1 N–H and O–H groups in total. The number of ether oxygens (including phenoxy) is 2. The van der Waals surface area contributed by atoms with Crippen LogP contribution in [0.1, 0.15) is 12.0 Å². The quantitative estimate of drug-likeness (QED) is 0.737. The summed E-state index contributed by atoms with van der Waals surface area (Å²) in [4.78, 5) is 5.17. The van der Waals surface area contributed by atoms with E-state index in [4.69, 9.17) is 9.47 Å². The summed E-state index contributed by atoms with van der Waals surface area (Å²) in [5, 5.41) is 9.59. The van der Waals surface area contributed by atoms with Crippen molar-refractivity contribution in [2.75, 3.05) is 14.2 Å². The topological polar surface area (TPSA) is 56.0 Å². The first-order valence-electron chi connectivity index (χ1n) is 5.39. The number of methoxy groups -OCH3 is 2. The lowest BCUT2D eigenvalue weighted by molar-refractivity contribution is -0.0795. The number of benzene rings is 1. The van der Waals surface area contributed by atoms with Gasteiger partial charge in [0.2, 0.25) is 0 Å². The van der Waals surface area contributed by atoms with Crippen molar-refractivity contribution in [1.29, 1.82) is 0 Å². The van der Waals surface area contributed by atoms with Gasteiger partial charge < -0.3 is 14.6 Å². The summed E-state index contributed by atoms with van der Waals surface area (Å²) >= 11 is 1.55. The van der Waals surface area contributed by atoms with Crippen LogP contribution < -0.4 is 4.74 Å². The van der Waals surface area contributed by atoms with Crippen molar-refractivity contribution in [3.05, 3.63) is 30.1 Å². The van der Waals surface area contributed by atoms with E-state index in [-0.39, 0.29) is 0 Å². The van der Waals surface area contributed by atoms with Crippen molar-refractivity contribution in [3.8, 4) is 5.75 Å². The van der Waals surface area contributed by atoms with Gasteiger partial charge in [-0.2, -0.15) is 0 Å². The first kappa shape index (κ1) is 11.5. The molecule has 0 bridgehead atoms. The molecule has 2 heterocycles. The number of hydrogen-bond acceptors (Lipinski definition) is 5. The summed E-state index contributed by atoms with van der Waals surface area (Å²) < 4.78 is 13.1. The molecule has 1 atom stereocenters. The molecule has 94 valence electrons. The minimum Gasteiger partial charge on any atom is -0.497 e. The number of aliphatic hydroxyl groups excluding tert-OH is 1. The van der Waals surface area contributed by atoms with Crippen molar-refractivity contribution in [3.63, 3.8) is 0 Å². The summed E-state index contributed by atoms with van der Waals surface area (Å²) in [7, 11) is 3.09. The zero-order valence-corrected chi connectivity index (χ0v) is 10.8. The molecule has 1 aromatic carbocycles. The molecule has 0 radical (unpaired) electrons. The molecule has 0 aliphatic rings. The molecule has 0 saturated carbocycles. The number of hydrogen-bond donors (Lipinski definition) is 1. The fourth-order valence-electron chi connectivity index (χ4n) is 1.87. The molecule has 3 aromatic rings. The van der Waals surface area contributed by atoms with Crippen LogP contribution in [0.3, 0.4) is 0 Å². The largest absolute Gasteiger partial charge is 0.497 e. The Kier molecular flexibility index (Phi) is 2.70. The van der Waals surface area contributed by atoms with E-state index in [9.17, 15) is 5.11 Å². The monoisotopic (exact) mass is 264 g/mol. The Labute approximate surface area is 107 Å². The van der Waals surface area contributed by atoms with E-state index in [1.807, 2.05) is 22.6 Å². The summed E-state index contributed by atoms with van der Waals surface area (Å²) in [5.74, 6) is 0.823. The van der Waals surface area contributed by atoms with Crippen LogP contribution in [-0.2, 0) is 4.74 Å². The van der Waals surface area contributed by atoms with Gasteiger partial charge in [0.15, 0.2) is 11.3 Å². The average molecular weight is 264 g/mol. The highest BCUT2D eigenvalue weighted by Gasteiger charge is 2.14.